The monoisotopic (exact) mass is 298 g/mol. The Morgan fingerprint density at radius 1 is 1.09 bits per heavy atom. The van der Waals surface area contributed by atoms with Crippen molar-refractivity contribution in [3.63, 3.8) is 0 Å². The van der Waals surface area contributed by atoms with E-state index in [9.17, 15) is 9.90 Å². The Labute approximate surface area is 130 Å². The number of aromatic carboxylic acids is 1. The zero-order valence-corrected chi connectivity index (χ0v) is 12.7. The SMILES string of the molecule is O=C(O)c1cc(NC2CCCCCCC2)nc2ccccc12. The van der Waals surface area contributed by atoms with Crippen LogP contribution in [-0.2, 0) is 0 Å². The number of pyridine rings is 1. The fourth-order valence-corrected chi connectivity index (χ4v) is 3.24. The van der Waals surface area contributed by atoms with Crippen molar-refractivity contribution in [2.45, 2.75) is 51.0 Å². The van der Waals surface area contributed by atoms with E-state index in [-0.39, 0.29) is 0 Å². The number of fused-ring (bicyclic) bond motifs is 1. The number of carbonyl (C=O) groups is 1. The molecule has 1 aliphatic rings. The fourth-order valence-electron chi connectivity index (χ4n) is 3.24. The number of aromatic nitrogens is 1. The molecule has 0 bridgehead atoms. The summed E-state index contributed by atoms with van der Waals surface area (Å²) in [4.78, 5) is 16.1. The van der Waals surface area contributed by atoms with Crippen LogP contribution in [0.2, 0.25) is 0 Å². The van der Waals surface area contributed by atoms with Crippen molar-refractivity contribution in [2.24, 2.45) is 0 Å². The van der Waals surface area contributed by atoms with E-state index in [1.165, 1.54) is 32.1 Å². The summed E-state index contributed by atoms with van der Waals surface area (Å²) in [7, 11) is 0. The average molecular weight is 298 g/mol. The van der Waals surface area contributed by atoms with Crippen LogP contribution in [-0.4, -0.2) is 22.1 Å². The second kappa shape index (κ2) is 6.77. The van der Waals surface area contributed by atoms with E-state index in [0.29, 0.717) is 22.8 Å². The molecule has 2 aromatic rings. The van der Waals surface area contributed by atoms with Gasteiger partial charge in [0.1, 0.15) is 5.82 Å². The molecule has 0 spiro atoms. The summed E-state index contributed by atoms with van der Waals surface area (Å²) in [5, 5.41) is 13.6. The van der Waals surface area contributed by atoms with E-state index in [1.54, 1.807) is 6.07 Å². The molecule has 0 aliphatic heterocycles. The van der Waals surface area contributed by atoms with Crippen LogP contribution in [0.4, 0.5) is 5.82 Å². The van der Waals surface area contributed by atoms with Crippen molar-refractivity contribution in [1.82, 2.24) is 4.98 Å². The molecular weight excluding hydrogens is 276 g/mol. The van der Waals surface area contributed by atoms with Crippen LogP contribution in [0.1, 0.15) is 55.3 Å². The van der Waals surface area contributed by atoms with Crippen molar-refractivity contribution in [1.29, 1.82) is 0 Å². The van der Waals surface area contributed by atoms with E-state index in [1.807, 2.05) is 24.3 Å². The number of para-hydroxylation sites is 1. The Morgan fingerprint density at radius 3 is 2.50 bits per heavy atom. The topological polar surface area (TPSA) is 62.2 Å². The molecule has 2 N–H and O–H groups in total. The van der Waals surface area contributed by atoms with Gasteiger partial charge in [0.15, 0.2) is 0 Å². The normalized spacial score (nSPS) is 16.9. The molecule has 4 nitrogen and oxygen atoms in total. The van der Waals surface area contributed by atoms with Gasteiger partial charge in [-0.3, -0.25) is 0 Å². The van der Waals surface area contributed by atoms with Crippen molar-refractivity contribution in [2.75, 3.05) is 5.32 Å². The van der Waals surface area contributed by atoms with Crippen LogP contribution in [0.25, 0.3) is 10.9 Å². The summed E-state index contributed by atoms with van der Waals surface area (Å²) in [6.07, 6.45) is 8.67. The fraction of sp³-hybridized carbons (Fsp3) is 0.444. The van der Waals surface area contributed by atoms with Gasteiger partial charge >= 0.3 is 5.97 Å². The summed E-state index contributed by atoms with van der Waals surface area (Å²) in [6, 6.07) is 9.48. The summed E-state index contributed by atoms with van der Waals surface area (Å²) < 4.78 is 0. The molecule has 116 valence electrons. The number of anilines is 1. The van der Waals surface area contributed by atoms with Crippen LogP contribution >= 0.6 is 0 Å². The second-order valence-electron chi connectivity index (χ2n) is 6.06. The molecular formula is C18H22N2O2. The predicted molar refractivity (Wildman–Crippen MR) is 88.4 cm³/mol. The van der Waals surface area contributed by atoms with Gasteiger partial charge in [-0.1, -0.05) is 50.3 Å². The van der Waals surface area contributed by atoms with Crippen molar-refractivity contribution in [3.8, 4) is 0 Å². The average Bonchev–Trinajstić information content (AvgIpc) is 2.49. The molecule has 0 saturated heterocycles. The lowest BCUT2D eigenvalue weighted by Gasteiger charge is -2.22. The maximum atomic E-state index is 11.5. The van der Waals surface area contributed by atoms with Crippen LogP contribution in [0, 0.1) is 0 Å². The predicted octanol–water partition coefficient (Wildman–Crippen LogP) is 4.46. The molecule has 0 amide bonds. The Morgan fingerprint density at radius 2 is 1.77 bits per heavy atom. The molecule has 0 radical (unpaired) electrons. The maximum Gasteiger partial charge on any atom is 0.336 e. The molecule has 1 saturated carbocycles. The first kappa shape index (κ1) is 14.8. The minimum Gasteiger partial charge on any atom is -0.478 e. The highest BCUT2D eigenvalue weighted by atomic mass is 16.4. The van der Waals surface area contributed by atoms with Crippen LogP contribution < -0.4 is 5.32 Å². The Balaban J connectivity index is 1.88. The van der Waals surface area contributed by atoms with Gasteiger partial charge in [0.2, 0.25) is 0 Å². The summed E-state index contributed by atoms with van der Waals surface area (Å²) in [5.74, 6) is -0.221. The van der Waals surface area contributed by atoms with Crippen LogP contribution in [0.5, 0.6) is 0 Å². The number of rotatable bonds is 3. The Kier molecular flexibility index (Phi) is 4.56. The third-order valence-electron chi connectivity index (χ3n) is 4.40. The van der Waals surface area contributed by atoms with Crippen molar-refractivity contribution >= 4 is 22.7 Å². The lowest BCUT2D eigenvalue weighted by molar-refractivity contribution is 0.0699. The standard InChI is InChI=1S/C18H22N2O2/c21-18(22)15-12-17(20-16-11-7-6-10-14(15)16)19-13-8-4-2-1-3-5-9-13/h6-7,10-13H,1-5,8-9H2,(H,19,20)(H,21,22). The van der Waals surface area contributed by atoms with E-state index < -0.39 is 5.97 Å². The zero-order valence-electron chi connectivity index (χ0n) is 12.7. The first-order valence-electron chi connectivity index (χ1n) is 8.13. The number of carboxylic acid groups (broad SMARTS) is 1. The molecule has 1 fully saturated rings. The molecule has 1 aromatic heterocycles. The molecule has 1 heterocycles. The Bertz CT molecular complexity index is 661. The number of benzene rings is 1. The van der Waals surface area contributed by atoms with E-state index in [2.05, 4.69) is 10.3 Å². The summed E-state index contributed by atoms with van der Waals surface area (Å²) in [6.45, 7) is 0. The molecule has 0 atom stereocenters. The maximum absolute atomic E-state index is 11.5. The van der Waals surface area contributed by atoms with Crippen LogP contribution in [0.3, 0.4) is 0 Å². The van der Waals surface area contributed by atoms with Gasteiger partial charge in [0.25, 0.3) is 0 Å². The summed E-state index contributed by atoms with van der Waals surface area (Å²) >= 11 is 0. The minimum absolute atomic E-state index is 0.318. The lowest BCUT2D eigenvalue weighted by Crippen LogP contribution is -2.21. The second-order valence-corrected chi connectivity index (χ2v) is 6.06. The van der Waals surface area contributed by atoms with E-state index in [4.69, 9.17) is 0 Å². The molecule has 0 unspecified atom stereocenters. The number of hydrogen-bond acceptors (Lipinski definition) is 3. The number of hydrogen-bond donors (Lipinski definition) is 2. The van der Waals surface area contributed by atoms with Gasteiger partial charge in [-0.2, -0.15) is 0 Å². The molecule has 1 aromatic carbocycles. The highest BCUT2D eigenvalue weighted by Gasteiger charge is 2.15. The van der Waals surface area contributed by atoms with Gasteiger partial charge in [-0.15, -0.1) is 0 Å². The van der Waals surface area contributed by atoms with E-state index >= 15 is 0 Å². The lowest BCUT2D eigenvalue weighted by atomic mass is 9.96. The Hall–Kier alpha value is -2.10. The highest BCUT2D eigenvalue weighted by molar-refractivity contribution is 6.03. The zero-order chi connectivity index (χ0) is 15.4. The van der Waals surface area contributed by atoms with Crippen molar-refractivity contribution < 1.29 is 9.90 Å². The molecule has 1 aliphatic carbocycles. The van der Waals surface area contributed by atoms with Gasteiger partial charge in [-0.05, 0) is 25.0 Å². The minimum atomic E-state index is -0.903. The number of carboxylic acids is 1. The number of nitrogens with one attached hydrogen (secondary N) is 1. The summed E-state index contributed by atoms with van der Waals surface area (Å²) in [5.41, 5.74) is 1.05. The van der Waals surface area contributed by atoms with Gasteiger partial charge < -0.3 is 10.4 Å². The number of nitrogens with zero attached hydrogens (tertiary/aromatic N) is 1. The van der Waals surface area contributed by atoms with Gasteiger partial charge in [-0.25, -0.2) is 9.78 Å². The van der Waals surface area contributed by atoms with Crippen LogP contribution in [0.15, 0.2) is 30.3 Å². The molecule has 3 rings (SSSR count). The third kappa shape index (κ3) is 3.38. The highest BCUT2D eigenvalue weighted by Crippen LogP contribution is 2.24. The van der Waals surface area contributed by atoms with Crippen molar-refractivity contribution in [3.05, 3.63) is 35.9 Å². The van der Waals surface area contributed by atoms with Gasteiger partial charge in [0, 0.05) is 11.4 Å². The van der Waals surface area contributed by atoms with Gasteiger partial charge in [0.05, 0.1) is 11.1 Å². The quantitative estimate of drug-likeness (QED) is 0.878. The first-order chi connectivity index (χ1) is 10.7. The first-order valence-corrected chi connectivity index (χ1v) is 8.13. The smallest absolute Gasteiger partial charge is 0.336 e. The van der Waals surface area contributed by atoms with E-state index in [0.717, 1.165) is 18.4 Å². The molecule has 22 heavy (non-hydrogen) atoms. The molecule has 4 heteroatoms. The third-order valence-corrected chi connectivity index (χ3v) is 4.40. The largest absolute Gasteiger partial charge is 0.478 e.